The van der Waals surface area contributed by atoms with Gasteiger partial charge in [0, 0.05) is 0 Å². The number of carbonyl (C=O) groups is 2. The fourth-order valence-electron chi connectivity index (χ4n) is 6.03. The van der Waals surface area contributed by atoms with Crippen LogP contribution in [-0.4, -0.2) is 30.7 Å². The van der Waals surface area contributed by atoms with Crippen LogP contribution in [0.3, 0.4) is 0 Å². The predicted molar refractivity (Wildman–Crippen MR) is 197 cm³/mol. The zero-order chi connectivity index (χ0) is 32.9. The van der Waals surface area contributed by atoms with E-state index in [1.165, 1.54) is 38.9 Å². The molecule has 2 heterocycles. The van der Waals surface area contributed by atoms with Crippen LogP contribution in [0.25, 0.3) is 0 Å². The standard InChI is InChI=1S/C37H47Cl2I3O2S/c1-8-42(18-17-26-20-31(40-22-26)19-24(4)43)36(44)34-32(23(2)3)21-33(25(5)45-34)41-35(27-9-13-29(38)14-10-27)37(6,7)28-11-15-30(39)16-12-28/h9-16,23,26,31,33,35H,5,8,17-22H2,1-4,6-7H3/q-2/t26?,31?,33?,35-/m1/s1. The molecule has 1 saturated heterocycles. The number of rotatable bonds is 14. The van der Waals surface area contributed by atoms with Crippen LogP contribution in [0.1, 0.15) is 82.3 Å². The van der Waals surface area contributed by atoms with E-state index in [1.807, 2.05) is 24.3 Å². The number of carbonyl (C=O) groups excluding carboxylic acids is 2. The molecule has 0 saturated carbocycles. The van der Waals surface area contributed by atoms with Crippen LogP contribution in [0.5, 0.6) is 0 Å². The Labute approximate surface area is 314 Å². The fraction of sp³-hybridized carbons (Fsp3) is 0.514. The molecule has 0 aliphatic carbocycles. The Morgan fingerprint density at radius 1 is 1.09 bits per heavy atom. The van der Waals surface area contributed by atoms with Crippen LogP contribution < -0.4 is 42.4 Å². The molecule has 4 rings (SSSR count). The van der Waals surface area contributed by atoms with Gasteiger partial charge in [-0.3, -0.25) is 0 Å². The normalized spacial score (nSPS) is 22.0. The van der Waals surface area contributed by atoms with Gasteiger partial charge in [0.2, 0.25) is 0 Å². The number of Topliss-reactive ketones (excluding diaryl/α,β-unsaturated/α-hetero) is 1. The Morgan fingerprint density at radius 2 is 1.71 bits per heavy atom. The number of hydrogen-bond acceptors (Lipinski definition) is 3. The van der Waals surface area contributed by atoms with Crippen molar-refractivity contribution in [1.82, 2.24) is 0 Å². The molecule has 2 aliphatic rings. The van der Waals surface area contributed by atoms with Crippen molar-refractivity contribution in [1.29, 1.82) is 0 Å². The molecular weight excluding hydrogens is 960 g/mol. The molecule has 250 valence electrons. The molecule has 0 spiro atoms. The van der Waals surface area contributed by atoms with Crippen LogP contribution in [0.2, 0.25) is 10.0 Å². The topological polar surface area (TPSA) is 34.1 Å². The van der Waals surface area contributed by atoms with E-state index in [-0.39, 0.29) is 26.6 Å². The fourth-order valence-corrected chi connectivity index (χ4v) is 22.0. The Bertz CT molecular complexity index is 1390. The van der Waals surface area contributed by atoms with E-state index in [0.29, 0.717) is 27.3 Å². The van der Waals surface area contributed by atoms with Gasteiger partial charge in [-0.2, -0.15) is 0 Å². The van der Waals surface area contributed by atoms with Gasteiger partial charge in [-0.1, -0.05) is 0 Å². The van der Waals surface area contributed by atoms with Crippen LogP contribution in [0.4, 0.5) is 0 Å². The number of hydrogen-bond donors (Lipinski definition) is 0. The maximum atomic E-state index is 14.3. The van der Waals surface area contributed by atoms with Gasteiger partial charge in [-0.15, -0.1) is 0 Å². The average Bonchev–Trinajstić information content (AvgIpc) is 3.43. The molecule has 8 heteroatoms. The Kier molecular flexibility index (Phi) is 14.7. The predicted octanol–water partition coefficient (Wildman–Crippen LogP) is 4.93. The van der Waals surface area contributed by atoms with Gasteiger partial charge in [0.1, 0.15) is 0 Å². The van der Waals surface area contributed by atoms with Crippen molar-refractivity contribution in [3.8, 4) is 0 Å². The van der Waals surface area contributed by atoms with Crippen molar-refractivity contribution >= 4 is 64.4 Å². The molecular formula is C37H47Cl2I3O2S-2. The van der Waals surface area contributed by atoms with E-state index < -0.39 is 41.0 Å². The summed E-state index contributed by atoms with van der Waals surface area (Å²) in [6.07, 6.45) is 4.13. The minimum atomic E-state index is -1.81. The Balaban J connectivity index is 1.54. The molecule has 2 aromatic rings. The minimum absolute atomic E-state index is 0.110. The van der Waals surface area contributed by atoms with Crippen molar-refractivity contribution in [2.75, 3.05) is 13.3 Å². The van der Waals surface area contributed by atoms with Crippen molar-refractivity contribution in [2.45, 2.75) is 84.4 Å². The van der Waals surface area contributed by atoms with Gasteiger partial charge in [0.15, 0.2) is 0 Å². The van der Waals surface area contributed by atoms with E-state index in [4.69, 9.17) is 23.2 Å². The van der Waals surface area contributed by atoms with Crippen molar-refractivity contribution in [3.63, 3.8) is 0 Å². The van der Waals surface area contributed by atoms with E-state index in [0.717, 1.165) is 42.6 Å². The number of ketones is 1. The molecule has 3 unspecified atom stereocenters. The molecule has 2 aliphatic heterocycles. The second-order valence-corrected chi connectivity index (χ2v) is 28.1. The van der Waals surface area contributed by atoms with E-state index >= 15 is 0 Å². The molecule has 4 atom stereocenters. The quantitative estimate of drug-likeness (QED) is 0.153. The number of alkyl halides is 6. The zero-order valence-electron chi connectivity index (χ0n) is 27.3. The SMILES string of the molecule is C=C1SC(C(=O)I(CC)CCC2C[I-]C(CC(C)=O)C2)=C(C(C)C)CC1[I-][C@H](c1ccc(Cl)cc1)C(C)(C)c1ccc(Cl)cc1. The third-order valence-electron chi connectivity index (χ3n) is 8.75. The first-order valence-corrected chi connectivity index (χ1v) is 26.7. The van der Waals surface area contributed by atoms with Crippen LogP contribution in [0, 0.1) is 11.8 Å². The summed E-state index contributed by atoms with van der Waals surface area (Å²) in [6.45, 7) is 17.9. The summed E-state index contributed by atoms with van der Waals surface area (Å²) >= 11 is 12.3. The number of benzene rings is 2. The molecule has 0 amide bonds. The van der Waals surface area contributed by atoms with Gasteiger partial charge >= 0.3 is 318 Å². The Morgan fingerprint density at radius 3 is 2.29 bits per heavy atom. The zero-order valence-corrected chi connectivity index (χ0v) is 36.1. The first-order valence-electron chi connectivity index (χ1n) is 15.8. The van der Waals surface area contributed by atoms with Gasteiger partial charge in [0.25, 0.3) is 0 Å². The molecule has 0 N–H and O–H groups in total. The van der Waals surface area contributed by atoms with Crippen LogP contribution in [-0.2, 0) is 15.0 Å². The molecule has 0 radical (unpaired) electrons. The summed E-state index contributed by atoms with van der Waals surface area (Å²) in [5.74, 6) is 1.42. The van der Waals surface area contributed by atoms with E-state index in [1.54, 1.807) is 18.7 Å². The summed E-state index contributed by atoms with van der Waals surface area (Å²) in [7, 11) is 0. The molecule has 0 aromatic heterocycles. The Hall–Kier alpha value is 0.380. The second kappa shape index (κ2) is 17.3. The van der Waals surface area contributed by atoms with Crippen molar-refractivity contribution < 1.29 is 52.0 Å². The van der Waals surface area contributed by atoms with Gasteiger partial charge in [-0.05, 0) is 0 Å². The summed E-state index contributed by atoms with van der Waals surface area (Å²) < 4.78 is 5.37. The van der Waals surface area contributed by atoms with Crippen LogP contribution in [0.15, 0.2) is 70.5 Å². The van der Waals surface area contributed by atoms with E-state index in [2.05, 4.69) is 65.5 Å². The molecule has 1 fully saturated rings. The number of halogens is 5. The first-order chi connectivity index (χ1) is 21.3. The summed E-state index contributed by atoms with van der Waals surface area (Å²) in [5.41, 5.74) is 3.86. The van der Waals surface area contributed by atoms with Gasteiger partial charge in [0.05, 0.1) is 0 Å². The average molecular weight is 1010 g/mol. The monoisotopic (exact) mass is 1010 g/mol. The second-order valence-electron chi connectivity index (χ2n) is 12.9. The maximum absolute atomic E-state index is 14.3. The van der Waals surface area contributed by atoms with Gasteiger partial charge < -0.3 is 0 Å². The van der Waals surface area contributed by atoms with Crippen LogP contribution >= 0.6 is 54.8 Å². The van der Waals surface area contributed by atoms with Crippen molar-refractivity contribution in [3.05, 3.63) is 91.7 Å². The first kappa shape index (κ1) is 38.2. The molecule has 45 heavy (non-hydrogen) atoms. The van der Waals surface area contributed by atoms with Crippen molar-refractivity contribution in [2.24, 2.45) is 11.8 Å². The summed E-state index contributed by atoms with van der Waals surface area (Å²) in [6, 6.07) is 16.8. The third-order valence-corrected chi connectivity index (χ3v) is 25.9. The molecule has 2 aromatic carbocycles. The number of allylic oxidation sites excluding steroid dienone is 3. The molecule has 0 bridgehead atoms. The van der Waals surface area contributed by atoms with E-state index in [9.17, 15) is 9.59 Å². The molecule has 2 nitrogen and oxygen atoms in total. The summed E-state index contributed by atoms with van der Waals surface area (Å²) in [5, 5.41) is 1.51. The summed E-state index contributed by atoms with van der Waals surface area (Å²) in [4.78, 5) is 28.1. The van der Waals surface area contributed by atoms with Gasteiger partial charge in [-0.25, -0.2) is 0 Å². The number of thioether (sulfide) groups is 1. The third kappa shape index (κ3) is 10.2.